The van der Waals surface area contributed by atoms with E-state index in [9.17, 15) is 24.3 Å². The molecule has 13 nitrogen and oxygen atoms in total. The zero-order valence-corrected chi connectivity index (χ0v) is 25.8. The quantitative estimate of drug-likeness (QED) is 0.0846. The molecule has 0 aliphatic rings. The van der Waals surface area contributed by atoms with Crippen molar-refractivity contribution in [2.24, 2.45) is 11.7 Å². The topological polar surface area (TPSA) is 190 Å². The molecular weight excluding hydrogens is 558 g/mol. The van der Waals surface area contributed by atoms with Gasteiger partial charge in [-0.3, -0.25) is 14.4 Å². The number of urea groups is 1. The van der Waals surface area contributed by atoms with Crippen molar-refractivity contribution in [2.45, 2.75) is 65.1 Å². The minimum atomic E-state index is -1.33. The zero-order chi connectivity index (χ0) is 32.1. The van der Waals surface area contributed by atoms with Crippen molar-refractivity contribution in [3.63, 3.8) is 0 Å². The number of carbonyl (C=O) groups excluding carboxylic acids is 4. The van der Waals surface area contributed by atoms with Gasteiger partial charge in [-0.05, 0) is 43.4 Å². The number of carbonyl (C=O) groups is 4. The summed E-state index contributed by atoms with van der Waals surface area (Å²) in [6.45, 7) is 9.88. The van der Waals surface area contributed by atoms with Gasteiger partial charge in [0, 0.05) is 25.3 Å². The van der Waals surface area contributed by atoms with Crippen molar-refractivity contribution in [3.8, 4) is 0 Å². The maximum Gasteiger partial charge on any atom is 0.312 e. The summed E-state index contributed by atoms with van der Waals surface area (Å²) >= 11 is 0. The molecular formula is C30H49N5O8. The monoisotopic (exact) mass is 607 g/mol. The smallest absolute Gasteiger partial charge is 0.312 e. The summed E-state index contributed by atoms with van der Waals surface area (Å²) < 4.78 is 16.2. The Morgan fingerprint density at radius 1 is 0.977 bits per heavy atom. The number of nitrogens with two attached hydrogens (primary N) is 1. The number of benzene rings is 1. The molecule has 2 unspecified atom stereocenters. The summed E-state index contributed by atoms with van der Waals surface area (Å²) in [5.74, 6) is -1.77. The lowest BCUT2D eigenvalue weighted by Crippen LogP contribution is -2.62. The molecule has 0 saturated carbocycles. The molecule has 1 aromatic rings. The maximum absolute atomic E-state index is 13.5. The number of rotatable bonds is 22. The standard InChI is InChI=1S/C30H49N5O8/c1-5-15-41-17-19-43-20-18-42-16-13-26(37)35-30(4,22(2)3)28(39)34-25(8-6-7-14-32-29(31)40)27(38)33-24-11-9-23(21-36)10-12-24/h6,8-12,22,25,36H,5,7,13-21H2,1-4H3,(H,33,38)(H,34,39)(H,35,37)(H3,31,32,40)/b8-6+. The molecule has 0 spiro atoms. The van der Waals surface area contributed by atoms with Crippen LogP contribution < -0.4 is 27.0 Å². The highest BCUT2D eigenvalue weighted by atomic mass is 16.5. The fourth-order valence-corrected chi connectivity index (χ4v) is 3.58. The number of ether oxygens (including phenoxy) is 3. The van der Waals surface area contributed by atoms with E-state index >= 15 is 0 Å². The lowest BCUT2D eigenvalue weighted by atomic mass is 9.86. The molecule has 0 radical (unpaired) electrons. The molecule has 0 aromatic heterocycles. The molecule has 43 heavy (non-hydrogen) atoms. The first-order chi connectivity index (χ1) is 20.5. The van der Waals surface area contributed by atoms with Crippen molar-refractivity contribution in [1.29, 1.82) is 0 Å². The Morgan fingerprint density at radius 2 is 1.58 bits per heavy atom. The predicted octanol–water partition coefficient (Wildman–Crippen LogP) is 1.60. The molecule has 0 saturated heterocycles. The van der Waals surface area contributed by atoms with E-state index in [1.807, 2.05) is 6.92 Å². The van der Waals surface area contributed by atoms with Gasteiger partial charge >= 0.3 is 6.03 Å². The molecule has 13 heteroatoms. The van der Waals surface area contributed by atoms with Crippen molar-refractivity contribution < 1.29 is 38.5 Å². The van der Waals surface area contributed by atoms with Gasteiger partial charge in [-0.1, -0.05) is 45.1 Å². The molecule has 0 bridgehead atoms. The summed E-state index contributed by atoms with van der Waals surface area (Å²) in [6.07, 6.45) is 4.50. The van der Waals surface area contributed by atoms with Crippen LogP contribution in [0.2, 0.25) is 0 Å². The molecule has 2 atom stereocenters. The Kier molecular flexibility index (Phi) is 18.5. The maximum atomic E-state index is 13.5. The Labute approximate surface area is 254 Å². The Morgan fingerprint density at radius 3 is 2.14 bits per heavy atom. The van der Waals surface area contributed by atoms with Gasteiger partial charge in [0.2, 0.25) is 11.8 Å². The van der Waals surface area contributed by atoms with Crippen LogP contribution in [-0.2, 0) is 35.2 Å². The van der Waals surface area contributed by atoms with Crippen LogP contribution in [0.5, 0.6) is 0 Å². The van der Waals surface area contributed by atoms with Gasteiger partial charge in [0.25, 0.3) is 5.91 Å². The third kappa shape index (κ3) is 15.5. The highest BCUT2D eigenvalue weighted by Gasteiger charge is 2.39. The number of aliphatic hydroxyl groups is 1. The van der Waals surface area contributed by atoms with Crippen LogP contribution in [0.4, 0.5) is 10.5 Å². The van der Waals surface area contributed by atoms with Gasteiger partial charge in [0.15, 0.2) is 0 Å². The molecule has 0 aliphatic heterocycles. The molecule has 1 aromatic carbocycles. The van der Waals surface area contributed by atoms with E-state index < -0.39 is 29.4 Å². The first-order valence-corrected chi connectivity index (χ1v) is 14.6. The van der Waals surface area contributed by atoms with Crippen molar-refractivity contribution in [3.05, 3.63) is 42.0 Å². The molecule has 7 N–H and O–H groups in total. The summed E-state index contributed by atoms with van der Waals surface area (Å²) in [4.78, 5) is 50.4. The second kappa shape index (κ2) is 21.2. The van der Waals surface area contributed by atoms with E-state index in [-0.39, 0.29) is 38.0 Å². The van der Waals surface area contributed by atoms with E-state index in [1.54, 1.807) is 51.1 Å². The lowest BCUT2D eigenvalue weighted by molar-refractivity contribution is -0.136. The second-order valence-electron chi connectivity index (χ2n) is 10.3. The minimum Gasteiger partial charge on any atom is -0.392 e. The average molecular weight is 608 g/mol. The predicted molar refractivity (Wildman–Crippen MR) is 163 cm³/mol. The molecule has 0 aliphatic carbocycles. The molecule has 5 amide bonds. The summed E-state index contributed by atoms with van der Waals surface area (Å²) in [7, 11) is 0. The highest BCUT2D eigenvalue weighted by Crippen LogP contribution is 2.18. The van der Waals surface area contributed by atoms with Gasteiger partial charge < -0.3 is 46.3 Å². The lowest BCUT2D eigenvalue weighted by Gasteiger charge is -2.34. The van der Waals surface area contributed by atoms with Crippen LogP contribution in [0.1, 0.15) is 52.5 Å². The molecule has 1 rings (SSSR count). The first-order valence-electron chi connectivity index (χ1n) is 14.6. The number of amides is 5. The van der Waals surface area contributed by atoms with Gasteiger partial charge in [0.05, 0.1) is 39.6 Å². The summed E-state index contributed by atoms with van der Waals surface area (Å²) in [6, 6.07) is 4.84. The van der Waals surface area contributed by atoms with Crippen LogP contribution in [0.15, 0.2) is 36.4 Å². The Hall–Kier alpha value is -3.52. The zero-order valence-electron chi connectivity index (χ0n) is 25.8. The number of primary amides is 1. The van der Waals surface area contributed by atoms with Gasteiger partial charge in [-0.2, -0.15) is 0 Å². The van der Waals surface area contributed by atoms with E-state index in [0.717, 1.165) is 6.42 Å². The van der Waals surface area contributed by atoms with E-state index in [1.165, 1.54) is 6.08 Å². The van der Waals surface area contributed by atoms with Crippen LogP contribution in [0, 0.1) is 5.92 Å². The van der Waals surface area contributed by atoms with Gasteiger partial charge in [0.1, 0.15) is 11.6 Å². The minimum absolute atomic E-state index is 0.0374. The van der Waals surface area contributed by atoms with Crippen molar-refractivity contribution in [2.75, 3.05) is 51.5 Å². The number of hydrogen-bond acceptors (Lipinski definition) is 8. The third-order valence-corrected chi connectivity index (χ3v) is 6.50. The van der Waals surface area contributed by atoms with E-state index in [4.69, 9.17) is 19.9 Å². The van der Waals surface area contributed by atoms with Crippen LogP contribution in [0.3, 0.4) is 0 Å². The Balaban J connectivity index is 2.77. The largest absolute Gasteiger partial charge is 0.392 e. The SMILES string of the molecule is CCCOCCOCCOCCC(=O)NC(C)(C(=O)NC(/C=C/CCNC(N)=O)C(=O)Nc1ccc(CO)cc1)C(C)C. The van der Waals surface area contributed by atoms with Crippen molar-refractivity contribution >= 4 is 29.4 Å². The van der Waals surface area contributed by atoms with E-state index in [2.05, 4.69) is 21.3 Å². The number of nitrogens with one attached hydrogen (secondary N) is 4. The Bertz CT molecular complexity index is 1020. The highest BCUT2D eigenvalue weighted by molar-refractivity contribution is 6.00. The normalized spacial score (nSPS) is 13.3. The molecule has 0 fully saturated rings. The van der Waals surface area contributed by atoms with Gasteiger partial charge in [-0.15, -0.1) is 0 Å². The first kappa shape index (κ1) is 37.5. The van der Waals surface area contributed by atoms with Crippen LogP contribution >= 0.6 is 0 Å². The third-order valence-electron chi connectivity index (χ3n) is 6.50. The van der Waals surface area contributed by atoms with E-state index in [0.29, 0.717) is 50.7 Å². The second-order valence-corrected chi connectivity index (χ2v) is 10.3. The fraction of sp³-hybridized carbons (Fsp3) is 0.600. The van der Waals surface area contributed by atoms with Crippen molar-refractivity contribution in [1.82, 2.24) is 16.0 Å². The fourth-order valence-electron chi connectivity index (χ4n) is 3.58. The summed E-state index contributed by atoms with van der Waals surface area (Å²) in [5, 5.41) is 20.0. The van der Waals surface area contributed by atoms with Gasteiger partial charge in [-0.25, -0.2) is 4.79 Å². The molecule has 0 heterocycles. The number of anilines is 1. The van der Waals surface area contributed by atoms with Crippen LogP contribution in [0.25, 0.3) is 0 Å². The average Bonchev–Trinajstić information content (AvgIpc) is 2.97. The molecule has 242 valence electrons. The number of hydrogen-bond donors (Lipinski definition) is 6. The number of aliphatic hydroxyl groups excluding tert-OH is 1. The summed E-state index contributed by atoms with van der Waals surface area (Å²) in [5.41, 5.74) is 4.91. The van der Waals surface area contributed by atoms with Crippen LogP contribution in [-0.4, -0.2) is 86.6 Å².